The Labute approximate surface area is 200 Å². The van der Waals surface area contributed by atoms with Crippen LogP contribution in [0.2, 0.25) is 0 Å². The van der Waals surface area contributed by atoms with Crippen LogP contribution in [0, 0.1) is 0 Å². The first-order valence-electron chi connectivity index (χ1n) is 10.2. The van der Waals surface area contributed by atoms with E-state index in [2.05, 4.69) is 43.7 Å². The number of aliphatic imine (C=N–C) groups is 1. The zero-order valence-electron chi connectivity index (χ0n) is 17.4. The molecule has 1 saturated carbocycles. The van der Waals surface area contributed by atoms with Gasteiger partial charge in [0.25, 0.3) is 0 Å². The summed E-state index contributed by atoms with van der Waals surface area (Å²) in [6.45, 7) is 1.31. The Balaban J connectivity index is 0.00000272. The van der Waals surface area contributed by atoms with Gasteiger partial charge in [0, 0.05) is 43.3 Å². The Morgan fingerprint density at radius 3 is 2.55 bits per heavy atom. The van der Waals surface area contributed by atoms with Gasteiger partial charge in [-0.15, -0.1) is 24.0 Å². The fourth-order valence-corrected chi connectivity index (χ4v) is 4.64. The highest BCUT2D eigenvalue weighted by molar-refractivity contribution is 14.0. The molecule has 0 atom stereocenters. The number of nitrogens with zero attached hydrogens (tertiary/aromatic N) is 1. The standard InChI is InChI=1S/C22H27N5O2S.HI/c1-23-22(24-13-12-17-15-25-21-5-3-2-4-20(17)21)26-14-16-6-10-19(11-7-16)30(28,29)27-18-8-9-18;/h2-7,10-11,15,18,25,27H,8-9,12-14H2,1H3,(H2,23,24,26);1H. The molecule has 4 N–H and O–H groups in total. The normalized spacial score (nSPS) is 14.3. The molecule has 0 spiro atoms. The van der Waals surface area contributed by atoms with Crippen molar-refractivity contribution in [3.05, 3.63) is 65.9 Å². The van der Waals surface area contributed by atoms with Crippen molar-refractivity contribution in [2.45, 2.75) is 36.7 Å². The summed E-state index contributed by atoms with van der Waals surface area (Å²) >= 11 is 0. The number of hydrogen-bond acceptors (Lipinski definition) is 3. The molecule has 0 amide bonds. The monoisotopic (exact) mass is 553 g/mol. The fourth-order valence-electron chi connectivity index (χ4n) is 3.34. The molecule has 1 aliphatic rings. The van der Waals surface area contributed by atoms with Crippen LogP contribution in [0.25, 0.3) is 10.9 Å². The van der Waals surface area contributed by atoms with E-state index in [-0.39, 0.29) is 30.0 Å². The number of hydrogen-bond donors (Lipinski definition) is 4. The summed E-state index contributed by atoms with van der Waals surface area (Å²) in [6, 6.07) is 15.3. The van der Waals surface area contributed by atoms with Gasteiger partial charge in [-0.3, -0.25) is 4.99 Å². The molecule has 4 rings (SSSR count). The molecule has 166 valence electrons. The van der Waals surface area contributed by atoms with E-state index in [0.717, 1.165) is 36.9 Å². The van der Waals surface area contributed by atoms with E-state index in [1.54, 1.807) is 19.2 Å². The van der Waals surface area contributed by atoms with Gasteiger partial charge >= 0.3 is 0 Å². The van der Waals surface area contributed by atoms with Gasteiger partial charge < -0.3 is 15.6 Å². The number of halogens is 1. The smallest absolute Gasteiger partial charge is 0.240 e. The second-order valence-corrected chi connectivity index (χ2v) is 9.22. The number of H-pyrrole nitrogens is 1. The number of benzene rings is 2. The van der Waals surface area contributed by atoms with Crippen LogP contribution in [0.4, 0.5) is 0 Å². The summed E-state index contributed by atoms with van der Waals surface area (Å²) in [4.78, 5) is 7.86. The Hall–Kier alpha value is -2.11. The molecule has 31 heavy (non-hydrogen) atoms. The number of rotatable bonds is 8. The lowest BCUT2D eigenvalue weighted by Crippen LogP contribution is -2.37. The molecule has 0 aliphatic heterocycles. The number of aromatic nitrogens is 1. The van der Waals surface area contributed by atoms with Crippen molar-refractivity contribution in [2.24, 2.45) is 4.99 Å². The molecule has 0 unspecified atom stereocenters. The molecule has 0 radical (unpaired) electrons. The van der Waals surface area contributed by atoms with Crippen molar-refractivity contribution in [2.75, 3.05) is 13.6 Å². The third kappa shape index (κ3) is 6.20. The summed E-state index contributed by atoms with van der Waals surface area (Å²) in [7, 11) is -1.67. The molecule has 1 fully saturated rings. The van der Waals surface area contributed by atoms with E-state index in [0.29, 0.717) is 17.4 Å². The fraction of sp³-hybridized carbons (Fsp3) is 0.318. The number of fused-ring (bicyclic) bond motifs is 1. The summed E-state index contributed by atoms with van der Waals surface area (Å²) in [5.41, 5.74) is 3.40. The van der Waals surface area contributed by atoms with E-state index < -0.39 is 10.0 Å². The lowest BCUT2D eigenvalue weighted by molar-refractivity contribution is 0.581. The molecule has 7 nitrogen and oxygen atoms in total. The predicted octanol–water partition coefficient (Wildman–Crippen LogP) is 3.13. The van der Waals surface area contributed by atoms with Gasteiger partial charge in [0.15, 0.2) is 5.96 Å². The molecule has 1 heterocycles. The SMILES string of the molecule is CN=C(NCCc1c[nH]c2ccccc12)NCc1ccc(S(=O)(=O)NC2CC2)cc1.I. The van der Waals surface area contributed by atoms with Gasteiger partial charge in [0.05, 0.1) is 4.90 Å². The van der Waals surface area contributed by atoms with Crippen LogP contribution in [0.1, 0.15) is 24.0 Å². The van der Waals surface area contributed by atoms with Crippen LogP contribution in [0.5, 0.6) is 0 Å². The molecule has 9 heteroatoms. The molecule has 0 bridgehead atoms. The zero-order chi connectivity index (χ0) is 21.0. The summed E-state index contributed by atoms with van der Waals surface area (Å²) in [5, 5.41) is 7.84. The third-order valence-electron chi connectivity index (χ3n) is 5.18. The van der Waals surface area contributed by atoms with E-state index in [1.165, 1.54) is 10.9 Å². The maximum Gasteiger partial charge on any atom is 0.240 e. The number of guanidine groups is 1. The number of aromatic amines is 1. The summed E-state index contributed by atoms with van der Waals surface area (Å²) in [6.07, 6.45) is 4.78. The van der Waals surface area contributed by atoms with Crippen LogP contribution in [0.15, 0.2) is 64.6 Å². The van der Waals surface area contributed by atoms with Crippen LogP contribution in [0.3, 0.4) is 0 Å². The quantitative estimate of drug-likeness (QED) is 0.196. The number of sulfonamides is 1. The van der Waals surface area contributed by atoms with Crippen LogP contribution in [-0.2, 0) is 23.0 Å². The minimum Gasteiger partial charge on any atom is -0.361 e. The summed E-state index contributed by atoms with van der Waals surface area (Å²) in [5.74, 6) is 0.710. The topological polar surface area (TPSA) is 98.4 Å². The van der Waals surface area contributed by atoms with Gasteiger partial charge in [-0.2, -0.15) is 0 Å². The molecular formula is C22H28IN5O2S. The Bertz CT molecular complexity index is 1140. The van der Waals surface area contributed by atoms with Crippen molar-refractivity contribution in [3.63, 3.8) is 0 Å². The highest BCUT2D eigenvalue weighted by Gasteiger charge is 2.27. The molecule has 3 aromatic rings. The molecular weight excluding hydrogens is 525 g/mol. The molecule has 1 aromatic heterocycles. The maximum absolute atomic E-state index is 12.2. The molecule has 2 aromatic carbocycles. The van der Waals surface area contributed by atoms with Crippen molar-refractivity contribution in [1.82, 2.24) is 20.3 Å². The number of nitrogens with one attached hydrogen (secondary N) is 4. The first kappa shape index (κ1) is 23.6. The zero-order valence-corrected chi connectivity index (χ0v) is 20.5. The second-order valence-electron chi connectivity index (χ2n) is 7.50. The maximum atomic E-state index is 12.2. The van der Waals surface area contributed by atoms with Crippen LogP contribution in [-0.4, -0.2) is 39.0 Å². The molecule has 1 aliphatic carbocycles. The first-order chi connectivity index (χ1) is 14.5. The number of para-hydroxylation sites is 1. The lowest BCUT2D eigenvalue weighted by Gasteiger charge is -2.12. The highest BCUT2D eigenvalue weighted by atomic mass is 127. The summed E-state index contributed by atoms with van der Waals surface area (Å²) < 4.78 is 27.2. The minimum absolute atomic E-state index is 0. The largest absolute Gasteiger partial charge is 0.361 e. The Morgan fingerprint density at radius 1 is 1.10 bits per heavy atom. The highest BCUT2D eigenvalue weighted by Crippen LogP contribution is 2.22. The lowest BCUT2D eigenvalue weighted by atomic mass is 10.1. The van der Waals surface area contributed by atoms with Gasteiger partial charge in [-0.1, -0.05) is 30.3 Å². The van der Waals surface area contributed by atoms with E-state index in [9.17, 15) is 8.42 Å². The second kappa shape index (κ2) is 10.5. The van der Waals surface area contributed by atoms with Crippen LogP contribution < -0.4 is 15.4 Å². The van der Waals surface area contributed by atoms with Crippen LogP contribution >= 0.6 is 24.0 Å². The van der Waals surface area contributed by atoms with Crippen molar-refractivity contribution in [3.8, 4) is 0 Å². The van der Waals surface area contributed by atoms with Gasteiger partial charge in [0.1, 0.15) is 0 Å². The predicted molar refractivity (Wildman–Crippen MR) is 135 cm³/mol. The van der Waals surface area contributed by atoms with Gasteiger partial charge in [-0.25, -0.2) is 13.1 Å². The van der Waals surface area contributed by atoms with E-state index in [1.807, 2.05) is 24.3 Å². The Morgan fingerprint density at radius 2 is 1.84 bits per heavy atom. The third-order valence-corrected chi connectivity index (χ3v) is 6.71. The Kier molecular flexibility index (Phi) is 7.95. The average Bonchev–Trinajstić information content (AvgIpc) is 3.47. The minimum atomic E-state index is -3.41. The average molecular weight is 553 g/mol. The van der Waals surface area contributed by atoms with E-state index in [4.69, 9.17) is 0 Å². The van der Waals surface area contributed by atoms with Gasteiger partial charge in [-0.05, 0) is 48.6 Å². The molecule has 0 saturated heterocycles. The first-order valence-corrected chi connectivity index (χ1v) is 11.6. The van der Waals surface area contributed by atoms with Crippen molar-refractivity contribution in [1.29, 1.82) is 0 Å². The van der Waals surface area contributed by atoms with Crippen molar-refractivity contribution < 1.29 is 8.42 Å². The van der Waals surface area contributed by atoms with Crippen molar-refractivity contribution >= 4 is 50.9 Å². The van der Waals surface area contributed by atoms with E-state index >= 15 is 0 Å². The van der Waals surface area contributed by atoms with Gasteiger partial charge in [0.2, 0.25) is 10.0 Å².